The van der Waals surface area contributed by atoms with Gasteiger partial charge >= 0.3 is 0 Å². The molecule has 0 spiro atoms. The van der Waals surface area contributed by atoms with Crippen molar-refractivity contribution in [1.29, 1.82) is 0 Å². The SMILES string of the molecule is C=C(C)/C(N)=C\C(=C(C)C)c1ncc2cccn2n1.CC. The van der Waals surface area contributed by atoms with Gasteiger partial charge in [0, 0.05) is 17.5 Å². The third-order valence-corrected chi connectivity index (χ3v) is 2.85. The molecule has 0 aliphatic heterocycles. The Hall–Kier alpha value is -2.36. The van der Waals surface area contributed by atoms with Crippen LogP contribution in [-0.2, 0) is 0 Å². The Balaban J connectivity index is 0.00000106. The number of nitrogens with zero attached hydrogens (tertiary/aromatic N) is 3. The molecule has 112 valence electrons. The first-order valence-electron chi connectivity index (χ1n) is 7.10. The maximum absolute atomic E-state index is 5.95. The van der Waals surface area contributed by atoms with Crippen LogP contribution in [-0.4, -0.2) is 14.6 Å². The fourth-order valence-electron chi connectivity index (χ4n) is 1.67. The van der Waals surface area contributed by atoms with Crippen molar-refractivity contribution < 1.29 is 0 Å². The third kappa shape index (κ3) is 4.05. The van der Waals surface area contributed by atoms with Crippen LogP contribution in [0.5, 0.6) is 0 Å². The van der Waals surface area contributed by atoms with Gasteiger partial charge in [-0.05, 0) is 44.6 Å². The second-order valence-electron chi connectivity index (χ2n) is 4.75. The van der Waals surface area contributed by atoms with E-state index >= 15 is 0 Å². The van der Waals surface area contributed by atoms with Crippen LogP contribution in [0.2, 0.25) is 0 Å². The van der Waals surface area contributed by atoms with Gasteiger partial charge in [0.05, 0.1) is 11.7 Å². The molecule has 2 heterocycles. The van der Waals surface area contributed by atoms with Crippen molar-refractivity contribution in [1.82, 2.24) is 14.6 Å². The number of hydrogen-bond donors (Lipinski definition) is 1. The smallest absolute Gasteiger partial charge is 0.180 e. The minimum Gasteiger partial charge on any atom is -0.399 e. The third-order valence-electron chi connectivity index (χ3n) is 2.85. The fraction of sp³-hybridized carbons (Fsp3) is 0.294. The number of fused-ring (bicyclic) bond motifs is 1. The van der Waals surface area contributed by atoms with E-state index in [1.807, 2.05) is 59.0 Å². The van der Waals surface area contributed by atoms with Crippen molar-refractivity contribution >= 4 is 11.1 Å². The van der Waals surface area contributed by atoms with E-state index in [-0.39, 0.29) is 0 Å². The van der Waals surface area contributed by atoms with E-state index in [1.165, 1.54) is 0 Å². The highest BCUT2D eigenvalue weighted by atomic mass is 15.2. The number of hydrogen-bond acceptors (Lipinski definition) is 3. The molecule has 2 rings (SSSR count). The Kier molecular flexibility index (Phi) is 5.91. The zero-order chi connectivity index (χ0) is 16.0. The summed E-state index contributed by atoms with van der Waals surface area (Å²) in [5.74, 6) is 0.660. The summed E-state index contributed by atoms with van der Waals surface area (Å²) in [5, 5.41) is 4.49. The van der Waals surface area contributed by atoms with Gasteiger partial charge in [-0.2, -0.15) is 0 Å². The average Bonchev–Trinajstić information content (AvgIpc) is 2.93. The zero-order valence-electron chi connectivity index (χ0n) is 13.5. The molecule has 4 nitrogen and oxygen atoms in total. The number of nitrogens with two attached hydrogens (primary N) is 1. The van der Waals surface area contributed by atoms with Gasteiger partial charge in [-0.25, -0.2) is 9.50 Å². The summed E-state index contributed by atoms with van der Waals surface area (Å²) < 4.78 is 1.80. The lowest BCUT2D eigenvalue weighted by Gasteiger charge is -2.07. The Labute approximate surface area is 126 Å². The van der Waals surface area contributed by atoms with Crippen LogP contribution in [0.4, 0.5) is 0 Å². The molecular weight excluding hydrogens is 260 g/mol. The highest BCUT2D eigenvalue weighted by Gasteiger charge is 2.07. The summed E-state index contributed by atoms with van der Waals surface area (Å²) in [6.45, 7) is 13.7. The highest BCUT2D eigenvalue weighted by Crippen LogP contribution is 2.19. The molecule has 2 N–H and O–H groups in total. The van der Waals surface area contributed by atoms with E-state index in [0.717, 1.165) is 22.2 Å². The quantitative estimate of drug-likeness (QED) is 0.868. The summed E-state index contributed by atoms with van der Waals surface area (Å²) in [6, 6.07) is 3.90. The molecule has 0 atom stereocenters. The molecule has 0 saturated carbocycles. The van der Waals surface area contributed by atoms with Gasteiger partial charge in [-0.3, -0.25) is 0 Å². The number of allylic oxidation sites excluding steroid dienone is 4. The molecule has 0 radical (unpaired) electrons. The van der Waals surface area contributed by atoms with E-state index in [1.54, 1.807) is 10.7 Å². The van der Waals surface area contributed by atoms with Gasteiger partial charge in [0.2, 0.25) is 0 Å². The molecule has 0 amide bonds. The topological polar surface area (TPSA) is 56.2 Å². The van der Waals surface area contributed by atoms with Gasteiger partial charge in [0.15, 0.2) is 5.82 Å². The molecule has 0 fully saturated rings. The summed E-state index contributed by atoms with van der Waals surface area (Å²) >= 11 is 0. The lowest BCUT2D eigenvalue weighted by atomic mass is 10.1. The molecule has 0 unspecified atom stereocenters. The van der Waals surface area contributed by atoms with Crippen molar-refractivity contribution in [2.75, 3.05) is 0 Å². The Morgan fingerprint density at radius 1 is 1.29 bits per heavy atom. The standard InChI is InChI=1S/C15H18N4.C2H6/c1-10(2)13(8-14(16)11(3)4)15-17-9-12-6-5-7-19(12)18-15;1-2/h5-9H,3,16H2,1-2,4H3;1-2H3/b14-8+;. The van der Waals surface area contributed by atoms with E-state index in [0.29, 0.717) is 11.5 Å². The summed E-state index contributed by atoms with van der Waals surface area (Å²) in [5.41, 5.74) is 10.4. The van der Waals surface area contributed by atoms with Crippen molar-refractivity contribution in [3.05, 3.63) is 59.8 Å². The van der Waals surface area contributed by atoms with Crippen LogP contribution in [0.1, 0.15) is 40.4 Å². The van der Waals surface area contributed by atoms with Gasteiger partial charge < -0.3 is 5.73 Å². The van der Waals surface area contributed by atoms with Crippen molar-refractivity contribution in [3.8, 4) is 0 Å². The van der Waals surface area contributed by atoms with Crippen LogP contribution < -0.4 is 5.73 Å². The molecule has 2 aromatic heterocycles. The van der Waals surface area contributed by atoms with Gasteiger partial charge in [-0.1, -0.05) is 26.0 Å². The fourth-order valence-corrected chi connectivity index (χ4v) is 1.67. The first-order valence-corrected chi connectivity index (χ1v) is 7.10. The molecule has 0 aliphatic rings. The molecule has 0 bridgehead atoms. The van der Waals surface area contributed by atoms with Gasteiger partial charge in [0.1, 0.15) is 0 Å². The maximum Gasteiger partial charge on any atom is 0.180 e. The Bertz CT molecular complexity index is 686. The largest absolute Gasteiger partial charge is 0.399 e. The van der Waals surface area contributed by atoms with Crippen LogP contribution in [0, 0.1) is 0 Å². The number of rotatable bonds is 3. The summed E-state index contributed by atoms with van der Waals surface area (Å²) in [4.78, 5) is 4.39. The van der Waals surface area contributed by atoms with Crippen LogP contribution in [0.25, 0.3) is 11.1 Å². The molecule has 4 heteroatoms. The van der Waals surface area contributed by atoms with Crippen molar-refractivity contribution in [2.24, 2.45) is 5.73 Å². The average molecular weight is 284 g/mol. The van der Waals surface area contributed by atoms with Crippen LogP contribution in [0.15, 0.2) is 54.0 Å². The lowest BCUT2D eigenvalue weighted by molar-refractivity contribution is 0.883. The second-order valence-corrected chi connectivity index (χ2v) is 4.75. The Morgan fingerprint density at radius 2 is 1.95 bits per heavy atom. The summed E-state index contributed by atoms with van der Waals surface area (Å²) in [7, 11) is 0. The van der Waals surface area contributed by atoms with Gasteiger partial charge in [-0.15, -0.1) is 5.10 Å². The predicted molar refractivity (Wildman–Crippen MR) is 89.7 cm³/mol. The lowest BCUT2D eigenvalue weighted by Crippen LogP contribution is -2.03. The van der Waals surface area contributed by atoms with E-state index in [2.05, 4.69) is 16.7 Å². The first kappa shape index (κ1) is 16.7. The van der Waals surface area contributed by atoms with Crippen LogP contribution in [0.3, 0.4) is 0 Å². The number of aromatic nitrogens is 3. The highest BCUT2D eigenvalue weighted by molar-refractivity contribution is 5.73. The van der Waals surface area contributed by atoms with E-state index < -0.39 is 0 Å². The molecular formula is C17H24N4. The first-order chi connectivity index (χ1) is 9.99. The van der Waals surface area contributed by atoms with E-state index in [4.69, 9.17) is 5.73 Å². The molecule has 21 heavy (non-hydrogen) atoms. The minimum absolute atomic E-state index is 0.646. The second kappa shape index (κ2) is 7.43. The Morgan fingerprint density at radius 3 is 2.52 bits per heavy atom. The predicted octanol–water partition coefficient (Wildman–Crippen LogP) is 3.97. The minimum atomic E-state index is 0.646. The van der Waals surface area contributed by atoms with Crippen molar-refractivity contribution in [3.63, 3.8) is 0 Å². The summed E-state index contributed by atoms with van der Waals surface area (Å²) in [6.07, 6.45) is 5.58. The van der Waals surface area contributed by atoms with Gasteiger partial charge in [0.25, 0.3) is 0 Å². The normalized spacial score (nSPS) is 10.8. The molecule has 0 aliphatic carbocycles. The maximum atomic E-state index is 5.95. The zero-order valence-corrected chi connectivity index (χ0v) is 13.5. The molecule has 2 aromatic rings. The van der Waals surface area contributed by atoms with Crippen molar-refractivity contribution in [2.45, 2.75) is 34.6 Å². The van der Waals surface area contributed by atoms with E-state index in [9.17, 15) is 0 Å². The molecule has 0 saturated heterocycles. The monoisotopic (exact) mass is 284 g/mol. The molecule has 0 aromatic carbocycles. The van der Waals surface area contributed by atoms with Crippen LogP contribution >= 0.6 is 0 Å².